The molecule has 4 nitrogen and oxygen atoms in total. The molecule has 0 aromatic rings. The molecule has 0 bridgehead atoms. The fourth-order valence-corrected chi connectivity index (χ4v) is 3.63. The van der Waals surface area contributed by atoms with Crippen LogP contribution in [0.4, 0.5) is 0 Å². The van der Waals surface area contributed by atoms with E-state index in [0.29, 0.717) is 25.6 Å². The molecule has 1 atom stereocenters. The van der Waals surface area contributed by atoms with Gasteiger partial charge < -0.3 is 0 Å². The van der Waals surface area contributed by atoms with Crippen LogP contribution < -0.4 is 0 Å². The predicted molar refractivity (Wildman–Crippen MR) is 66.8 cm³/mol. The fourth-order valence-electron chi connectivity index (χ4n) is 1.86. The van der Waals surface area contributed by atoms with Gasteiger partial charge in [0.25, 0.3) is 10.2 Å². The molecule has 1 heterocycles. The third kappa shape index (κ3) is 3.58. The van der Waals surface area contributed by atoms with Gasteiger partial charge in [0.2, 0.25) is 0 Å². The first-order chi connectivity index (χ1) is 7.34. The largest absolute Gasteiger partial charge is 0.281 e. The summed E-state index contributed by atoms with van der Waals surface area (Å²) < 4.78 is 27.2. The zero-order valence-electron chi connectivity index (χ0n) is 10.2. The molecule has 1 rings (SSSR count). The lowest BCUT2D eigenvalue weighted by Gasteiger charge is -2.32. The summed E-state index contributed by atoms with van der Waals surface area (Å²) in [5.41, 5.74) is 0. The summed E-state index contributed by atoms with van der Waals surface area (Å²) in [6.45, 7) is 5.57. The van der Waals surface area contributed by atoms with Gasteiger partial charge in [-0.1, -0.05) is 6.92 Å². The predicted octanol–water partition coefficient (Wildman–Crippen LogP) is 1.52. The van der Waals surface area contributed by atoms with Crippen molar-refractivity contribution < 1.29 is 8.42 Å². The summed E-state index contributed by atoms with van der Waals surface area (Å²) in [6, 6.07) is 0. The van der Waals surface area contributed by atoms with Gasteiger partial charge in [0.05, 0.1) is 0 Å². The van der Waals surface area contributed by atoms with E-state index in [1.54, 1.807) is 18.3 Å². The standard InChI is InChI=1S/C10H21ClN2O2S/c1-9-4-6-13(7-5-9)16(14,15)12(3)8-10(2)11/h9-10H,4-8H2,1-3H3. The first-order valence-corrected chi connectivity index (χ1v) is 7.53. The van der Waals surface area contributed by atoms with Crippen molar-refractivity contribution in [2.24, 2.45) is 5.92 Å². The van der Waals surface area contributed by atoms with E-state index in [4.69, 9.17) is 11.6 Å². The van der Waals surface area contributed by atoms with Crippen LogP contribution in [0.25, 0.3) is 0 Å². The minimum Gasteiger partial charge on any atom is -0.195 e. The second-order valence-corrected chi connectivity index (χ2v) is 7.43. The summed E-state index contributed by atoms with van der Waals surface area (Å²) in [5, 5.41) is -0.163. The molecule has 1 aliphatic rings. The van der Waals surface area contributed by atoms with Crippen LogP contribution in [-0.4, -0.2) is 49.1 Å². The van der Waals surface area contributed by atoms with Crippen LogP contribution in [0.2, 0.25) is 0 Å². The van der Waals surface area contributed by atoms with Gasteiger partial charge in [0, 0.05) is 32.1 Å². The molecular weight excluding hydrogens is 248 g/mol. The summed E-state index contributed by atoms with van der Waals surface area (Å²) in [4.78, 5) is 0. The van der Waals surface area contributed by atoms with E-state index < -0.39 is 10.2 Å². The average Bonchev–Trinajstić information content (AvgIpc) is 2.17. The zero-order chi connectivity index (χ0) is 12.3. The summed E-state index contributed by atoms with van der Waals surface area (Å²) in [5.74, 6) is 0.628. The Kier molecular flexibility index (Phi) is 5.04. The van der Waals surface area contributed by atoms with Gasteiger partial charge in [-0.15, -0.1) is 11.6 Å². The highest BCUT2D eigenvalue weighted by Crippen LogP contribution is 2.20. The van der Waals surface area contributed by atoms with E-state index in [-0.39, 0.29) is 5.38 Å². The van der Waals surface area contributed by atoms with Crippen molar-refractivity contribution >= 4 is 21.8 Å². The van der Waals surface area contributed by atoms with Crippen LogP contribution in [0, 0.1) is 5.92 Å². The molecule has 0 saturated carbocycles. The summed E-state index contributed by atoms with van der Waals surface area (Å²) in [7, 11) is -1.71. The van der Waals surface area contributed by atoms with Gasteiger partial charge in [-0.05, 0) is 25.7 Å². The molecule has 16 heavy (non-hydrogen) atoms. The Bertz CT molecular complexity index is 311. The molecule has 0 N–H and O–H groups in total. The van der Waals surface area contributed by atoms with Crippen molar-refractivity contribution in [3.05, 3.63) is 0 Å². The molecule has 1 aliphatic heterocycles. The maximum Gasteiger partial charge on any atom is 0.281 e. The second kappa shape index (κ2) is 5.67. The van der Waals surface area contributed by atoms with E-state index in [1.807, 2.05) is 0 Å². The molecule has 96 valence electrons. The van der Waals surface area contributed by atoms with Crippen LogP contribution in [0.15, 0.2) is 0 Å². The minimum absolute atomic E-state index is 0.163. The quantitative estimate of drug-likeness (QED) is 0.726. The highest BCUT2D eigenvalue weighted by molar-refractivity contribution is 7.86. The molecule has 1 unspecified atom stereocenters. The normalized spacial score (nSPS) is 22.6. The molecular formula is C10H21ClN2O2S. The Morgan fingerprint density at radius 2 is 1.94 bits per heavy atom. The Hall–Kier alpha value is 0.160. The van der Waals surface area contributed by atoms with Crippen LogP contribution in [-0.2, 0) is 10.2 Å². The van der Waals surface area contributed by atoms with Gasteiger partial charge >= 0.3 is 0 Å². The fraction of sp³-hybridized carbons (Fsp3) is 1.00. The molecule has 0 amide bonds. The topological polar surface area (TPSA) is 40.6 Å². The number of piperidine rings is 1. The number of halogens is 1. The Morgan fingerprint density at radius 3 is 2.38 bits per heavy atom. The Balaban J connectivity index is 2.63. The van der Waals surface area contributed by atoms with Crippen molar-refractivity contribution in [3.8, 4) is 0 Å². The van der Waals surface area contributed by atoms with Gasteiger partial charge in [0.15, 0.2) is 0 Å². The first-order valence-electron chi connectivity index (χ1n) is 5.69. The molecule has 6 heteroatoms. The lowest BCUT2D eigenvalue weighted by atomic mass is 10.0. The van der Waals surface area contributed by atoms with Gasteiger partial charge in [-0.2, -0.15) is 17.0 Å². The molecule has 0 spiro atoms. The van der Waals surface area contributed by atoms with Crippen molar-refractivity contribution in [2.75, 3.05) is 26.7 Å². The Morgan fingerprint density at radius 1 is 1.44 bits per heavy atom. The van der Waals surface area contributed by atoms with E-state index in [1.165, 1.54) is 4.31 Å². The number of alkyl halides is 1. The highest BCUT2D eigenvalue weighted by Gasteiger charge is 2.30. The van der Waals surface area contributed by atoms with Gasteiger partial charge in [0.1, 0.15) is 0 Å². The van der Waals surface area contributed by atoms with Crippen molar-refractivity contribution in [2.45, 2.75) is 32.1 Å². The SMILES string of the molecule is CC(Cl)CN(C)S(=O)(=O)N1CCC(C)CC1. The van der Waals surface area contributed by atoms with E-state index in [9.17, 15) is 8.42 Å². The average molecular weight is 269 g/mol. The van der Waals surface area contributed by atoms with Crippen molar-refractivity contribution in [1.82, 2.24) is 8.61 Å². The van der Waals surface area contributed by atoms with E-state index in [0.717, 1.165) is 12.8 Å². The summed E-state index contributed by atoms with van der Waals surface area (Å²) in [6.07, 6.45) is 1.90. The molecule has 0 aromatic carbocycles. The summed E-state index contributed by atoms with van der Waals surface area (Å²) >= 11 is 5.82. The van der Waals surface area contributed by atoms with Crippen LogP contribution in [0.3, 0.4) is 0 Å². The molecule has 1 fully saturated rings. The zero-order valence-corrected chi connectivity index (χ0v) is 11.8. The lowest BCUT2D eigenvalue weighted by Crippen LogP contribution is -2.46. The second-order valence-electron chi connectivity index (χ2n) is 4.65. The monoisotopic (exact) mass is 268 g/mol. The van der Waals surface area contributed by atoms with Crippen LogP contribution >= 0.6 is 11.6 Å². The highest BCUT2D eigenvalue weighted by atomic mass is 35.5. The van der Waals surface area contributed by atoms with Gasteiger partial charge in [-0.3, -0.25) is 0 Å². The number of hydrogen-bond donors (Lipinski definition) is 0. The molecule has 0 aromatic heterocycles. The van der Waals surface area contributed by atoms with E-state index in [2.05, 4.69) is 6.92 Å². The third-order valence-corrected chi connectivity index (χ3v) is 5.06. The van der Waals surface area contributed by atoms with Crippen molar-refractivity contribution in [3.63, 3.8) is 0 Å². The van der Waals surface area contributed by atoms with Crippen LogP contribution in [0.5, 0.6) is 0 Å². The Labute approximate surface area is 104 Å². The van der Waals surface area contributed by atoms with Crippen LogP contribution in [0.1, 0.15) is 26.7 Å². The smallest absolute Gasteiger partial charge is 0.195 e. The van der Waals surface area contributed by atoms with Gasteiger partial charge in [-0.25, -0.2) is 0 Å². The van der Waals surface area contributed by atoms with E-state index >= 15 is 0 Å². The maximum absolute atomic E-state index is 12.1. The minimum atomic E-state index is -3.30. The third-order valence-electron chi connectivity index (χ3n) is 2.97. The maximum atomic E-state index is 12.1. The number of rotatable bonds is 4. The first kappa shape index (κ1) is 14.2. The molecule has 0 aliphatic carbocycles. The van der Waals surface area contributed by atoms with Crippen molar-refractivity contribution in [1.29, 1.82) is 0 Å². The lowest BCUT2D eigenvalue weighted by molar-refractivity contribution is 0.270. The number of hydrogen-bond acceptors (Lipinski definition) is 2. The molecule has 0 radical (unpaired) electrons. The molecule has 1 saturated heterocycles. The number of nitrogens with zero attached hydrogens (tertiary/aromatic N) is 2.